The largest absolute Gasteiger partial charge is 0.467 e. The number of rotatable bonds is 2. The number of hydrogen-bond donors (Lipinski definition) is 0. The topological polar surface area (TPSA) is 42.4 Å². The van der Waals surface area contributed by atoms with E-state index in [1.165, 1.54) is 12.1 Å². The molecule has 1 aliphatic rings. The molecule has 0 radical (unpaired) electrons. The molecule has 3 aromatic rings. The maximum absolute atomic E-state index is 13.1. The highest BCUT2D eigenvalue weighted by Gasteiger charge is 2.23. The van der Waals surface area contributed by atoms with Crippen LogP contribution in [0.2, 0.25) is 0 Å². The third kappa shape index (κ3) is 3.05. The first kappa shape index (κ1) is 15.6. The standard InChI is InChI=1S/C20H17FN2O2/c1-13-3-2-4-15-9-16-11-23(10-14-5-7-17(21)8-6-14)18(24)12-25-20(16)22-19(13)15/h2-9H,10-12H2,1H3. The van der Waals surface area contributed by atoms with Crippen LogP contribution in [0.1, 0.15) is 16.7 Å². The molecule has 1 amide bonds. The Morgan fingerprint density at radius 2 is 2.00 bits per heavy atom. The molecule has 1 aromatic heterocycles. The molecule has 126 valence electrons. The first-order valence-corrected chi connectivity index (χ1v) is 8.14. The number of carbonyl (C=O) groups excluding carboxylic acids is 1. The van der Waals surface area contributed by atoms with Crippen LogP contribution < -0.4 is 4.74 Å². The van der Waals surface area contributed by atoms with Crippen LogP contribution in [0.4, 0.5) is 4.39 Å². The summed E-state index contributed by atoms with van der Waals surface area (Å²) in [7, 11) is 0. The zero-order valence-corrected chi connectivity index (χ0v) is 13.8. The van der Waals surface area contributed by atoms with Crippen LogP contribution in [0.25, 0.3) is 10.9 Å². The summed E-state index contributed by atoms with van der Waals surface area (Å²) in [6.45, 7) is 2.79. The molecule has 2 heterocycles. The Balaban J connectivity index is 1.68. The third-order valence-corrected chi connectivity index (χ3v) is 4.42. The van der Waals surface area contributed by atoms with Gasteiger partial charge in [0.2, 0.25) is 5.88 Å². The highest BCUT2D eigenvalue weighted by Crippen LogP contribution is 2.28. The lowest BCUT2D eigenvalue weighted by molar-refractivity contribution is -0.133. The van der Waals surface area contributed by atoms with Crippen molar-refractivity contribution in [3.63, 3.8) is 0 Å². The second kappa shape index (κ2) is 6.16. The smallest absolute Gasteiger partial charge is 0.261 e. The Kier molecular flexibility index (Phi) is 3.84. The minimum absolute atomic E-state index is 0.0431. The van der Waals surface area contributed by atoms with Gasteiger partial charge in [0.25, 0.3) is 5.91 Å². The summed E-state index contributed by atoms with van der Waals surface area (Å²) >= 11 is 0. The van der Waals surface area contributed by atoms with Crippen LogP contribution in [0.15, 0.2) is 48.5 Å². The first-order chi connectivity index (χ1) is 12.1. The number of aryl methyl sites for hydroxylation is 1. The number of hydrogen-bond acceptors (Lipinski definition) is 3. The lowest BCUT2D eigenvalue weighted by Gasteiger charge is -2.20. The average molecular weight is 336 g/mol. The monoisotopic (exact) mass is 336 g/mol. The maximum atomic E-state index is 13.1. The molecule has 0 unspecified atom stereocenters. The number of para-hydroxylation sites is 1. The van der Waals surface area contributed by atoms with E-state index < -0.39 is 0 Å². The summed E-state index contributed by atoms with van der Waals surface area (Å²) in [6, 6.07) is 14.2. The van der Waals surface area contributed by atoms with Crippen molar-refractivity contribution in [2.24, 2.45) is 0 Å². The minimum Gasteiger partial charge on any atom is -0.467 e. The molecule has 0 atom stereocenters. The maximum Gasteiger partial charge on any atom is 0.261 e. The summed E-state index contributed by atoms with van der Waals surface area (Å²) < 4.78 is 18.7. The average Bonchev–Trinajstić information content (AvgIpc) is 2.75. The Bertz CT molecular complexity index is 954. The molecule has 5 heteroatoms. The predicted octanol–water partition coefficient (Wildman–Crippen LogP) is 3.60. The van der Waals surface area contributed by atoms with Gasteiger partial charge in [-0.25, -0.2) is 9.37 Å². The van der Waals surface area contributed by atoms with Crippen LogP contribution in [0.3, 0.4) is 0 Å². The van der Waals surface area contributed by atoms with Crippen molar-refractivity contribution in [1.29, 1.82) is 0 Å². The number of nitrogens with zero attached hydrogens (tertiary/aromatic N) is 2. The highest BCUT2D eigenvalue weighted by atomic mass is 19.1. The van der Waals surface area contributed by atoms with Crippen LogP contribution in [0, 0.1) is 12.7 Å². The van der Waals surface area contributed by atoms with Gasteiger partial charge in [-0.2, -0.15) is 0 Å². The summed E-state index contributed by atoms with van der Waals surface area (Å²) in [5.74, 6) is 0.116. The number of aromatic nitrogens is 1. The quantitative estimate of drug-likeness (QED) is 0.718. The van der Waals surface area contributed by atoms with Crippen molar-refractivity contribution in [2.75, 3.05) is 6.61 Å². The second-order valence-electron chi connectivity index (χ2n) is 6.26. The van der Waals surface area contributed by atoms with Gasteiger partial charge in [0.05, 0.1) is 12.1 Å². The van der Waals surface area contributed by atoms with Gasteiger partial charge in [-0.3, -0.25) is 4.79 Å². The van der Waals surface area contributed by atoms with E-state index in [1.807, 2.05) is 31.2 Å². The number of amides is 1. The molecule has 0 fully saturated rings. The van der Waals surface area contributed by atoms with E-state index in [0.717, 1.165) is 27.6 Å². The van der Waals surface area contributed by atoms with Gasteiger partial charge in [-0.15, -0.1) is 0 Å². The molecule has 4 rings (SSSR count). The SMILES string of the molecule is Cc1cccc2cc3c(nc12)OCC(=O)N(Cc1ccc(F)cc1)C3. The molecule has 4 nitrogen and oxygen atoms in total. The minimum atomic E-state index is -0.286. The summed E-state index contributed by atoms with van der Waals surface area (Å²) in [4.78, 5) is 18.7. The van der Waals surface area contributed by atoms with Gasteiger partial charge >= 0.3 is 0 Å². The van der Waals surface area contributed by atoms with Crippen molar-refractivity contribution in [3.05, 3.63) is 71.0 Å². The Morgan fingerprint density at radius 1 is 1.20 bits per heavy atom. The molecule has 0 saturated carbocycles. The molecule has 2 aromatic carbocycles. The van der Waals surface area contributed by atoms with Gasteiger partial charge in [0.15, 0.2) is 6.61 Å². The van der Waals surface area contributed by atoms with Gasteiger partial charge in [-0.05, 0) is 36.2 Å². The van der Waals surface area contributed by atoms with Crippen LogP contribution in [0.5, 0.6) is 5.88 Å². The molecule has 0 aliphatic carbocycles. The fourth-order valence-electron chi connectivity index (χ4n) is 3.08. The summed E-state index contributed by atoms with van der Waals surface area (Å²) in [6.07, 6.45) is 0. The lowest BCUT2D eigenvalue weighted by atomic mass is 10.1. The van der Waals surface area contributed by atoms with Crippen molar-refractivity contribution in [1.82, 2.24) is 9.88 Å². The lowest BCUT2D eigenvalue weighted by Crippen LogP contribution is -2.31. The predicted molar refractivity (Wildman–Crippen MR) is 92.6 cm³/mol. The second-order valence-corrected chi connectivity index (χ2v) is 6.26. The number of fused-ring (bicyclic) bond motifs is 2. The van der Waals surface area contributed by atoms with Gasteiger partial charge in [-0.1, -0.05) is 30.3 Å². The van der Waals surface area contributed by atoms with Gasteiger partial charge in [0, 0.05) is 17.5 Å². The van der Waals surface area contributed by atoms with E-state index in [-0.39, 0.29) is 18.3 Å². The molecule has 25 heavy (non-hydrogen) atoms. The highest BCUT2D eigenvalue weighted by molar-refractivity contribution is 5.84. The normalized spacial score (nSPS) is 14.2. The fourth-order valence-corrected chi connectivity index (χ4v) is 3.08. The van der Waals surface area contributed by atoms with Crippen molar-refractivity contribution in [2.45, 2.75) is 20.0 Å². The van der Waals surface area contributed by atoms with Gasteiger partial charge < -0.3 is 9.64 Å². The van der Waals surface area contributed by atoms with E-state index in [4.69, 9.17) is 4.74 Å². The van der Waals surface area contributed by atoms with E-state index >= 15 is 0 Å². The molecular formula is C20H17FN2O2. The Morgan fingerprint density at radius 3 is 2.80 bits per heavy atom. The van der Waals surface area contributed by atoms with E-state index in [0.29, 0.717) is 19.0 Å². The van der Waals surface area contributed by atoms with Crippen LogP contribution in [-0.2, 0) is 17.9 Å². The number of ether oxygens (including phenoxy) is 1. The molecule has 0 spiro atoms. The molecule has 0 saturated heterocycles. The first-order valence-electron chi connectivity index (χ1n) is 8.14. The molecular weight excluding hydrogens is 319 g/mol. The fraction of sp³-hybridized carbons (Fsp3) is 0.200. The summed E-state index contributed by atoms with van der Waals surface area (Å²) in [5, 5.41) is 1.03. The van der Waals surface area contributed by atoms with Gasteiger partial charge in [0.1, 0.15) is 5.82 Å². The molecule has 0 N–H and O–H groups in total. The van der Waals surface area contributed by atoms with E-state index in [1.54, 1.807) is 17.0 Å². The van der Waals surface area contributed by atoms with Crippen molar-refractivity contribution < 1.29 is 13.9 Å². The van der Waals surface area contributed by atoms with Crippen molar-refractivity contribution in [3.8, 4) is 5.88 Å². The van der Waals surface area contributed by atoms with Crippen LogP contribution in [-0.4, -0.2) is 22.4 Å². The van der Waals surface area contributed by atoms with Crippen molar-refractivity contribution >= 4 is 16.8 Å². The van der Waals surface area contributed by atoms with E-state index in [2.05, 4.69) is 4.98 Å². The third-order valence-electron chi connectivity index (χ3n) is 4.42. The summed E-state index contributed by atoms with van der Waals surface area (Å²) in [5.41, 5.74) is 3.72. The zero-order chi connectivity index (χ0) is 17.4. The number of benzene rings is 2. The zero-order valence-electron chi connectivity index (χ0n) is 13.8. The number of pyridine rings is 1. The Labute approximate surface area is 144 Å². The van der Waals surface area contributed by atoms with Crippen LogP contribution >= 0.6 is 0 Å². The van der Waals surface area contributed by atoms with E-state index in [9.17, 15) is 9.18 Å². The number of carbonyl (C=O) groups is 1. The Hall–Kier alpha value is -2.95. The molecule has 0 bridgehead atoms. The molecule has 1 aliphatic heterocycles. The number of halogens is 1.